The van der Waals surface area contributed by atoms with E-state index in [1.807, 2.05) is 55.5 Å². The second-order valence-electron chi connectivity index (χ2n) is 4.71. The van der Waals surface area contributed by atoms with Gasteiger partial charge in [0.05, 0.1) is 11.0 Å². The van der Waals surface area contributed by atoms with Gasteiger partial charge in [-0.15, -0.1) is 0 Å². The maximum Gasteiger partial charge on any atom is 0.153 e. The molecule has 3 rings (SSSR count). The molecule has 3 nitrogen and oxygen atoms in total. The van der Waals surface area contributed by atoms with Crippen molar-refractivity contribution in [2.24, 2.45) is 0 Å². The molecular weight excluding hydrogens is 236 g/mol. The third-order valence-corrected chi connectivity index (χ3v) is 3.13. The van der Waals surface area contributed by atoms with Crippen LogP contribution >= 0.6 is 0 Å². The number of H-pyrrole nitrogens is 1. The molecule has 3 aromatic rings. The van der Waals surface area contributed by atoms with Crippen LogP contribution in [0.4, 0.5) is 0 Å². The van der Waals surface area contributed by atoms with Crippen LogP contribution in [-0.2, 0) is 0 Å². The van der Waals surface area contributed by atoms with Gasteiger partial charge >= 0.3 is 0 Å². The summed E-state index contributed by atoms with van der Waals surface area (Å²) in [7, 11) is 0. The van der Waals surface area contributed by atoms with E-state index in [1.54, 1.807) is 0 Å². The van der Waals surface area contributed by atoms with Crippen LogP contribution in [0.25, 0.3) is 11.0 Å². The van der Waals surface area contributed by atoms with Crippen LogP contribution in [0.3, 0.4) is 0 Å². The molecule has 0 aliphatic rings. The van der Waals surface area contributed by atoms with E-state index in [4.69, 9.17) is 4.74 Å². The first-order chi connectivity index (χ1) is 9.22. The van der Waals surface area contributed by atoms with Gasteiger partial charge in [0.2, 0.25) is 0 Å². The van der Waals surface area contributed by atoms with Crippen molar-refractivity contribution in [3.63, 3.8) is 0 Å². The van der Waals surface area contributed by atoms with Gasteiger partial charge in [-0.05, 0) is 38.1 Å². The molecule has 3 heteroatoms. The molecule has 0 fully saturated rings. The van der Waals surface area contributed by atoms with E-state index in [9.17, 15) is 0 Å². The predicted molar refractivity (Wildman–Crippen MR) is 76.3 cm³/mol. The zero-order valence-electron chi connectivity index (χ0n) is 11.1. The van der Waals surface area contributed by atoms with Crippen LogP contribution in [0.1, 0.15) is 24.4 Å². The van der Waals surface area contributed by atoms with Gasteiger partial charge in [-0.3, -0.25) is 0 Å². The van der Waals surface area contributed by atoms with Crippen molar-refractivity contribution >= 4 is 11.0 Å². The average molecular weight is 252 g/mol. The predicted octanol–water partition coefficient (Wildman–Crippen LogP) is 4.01. The number of rotatable bonds is 3. The molecule has 0 spiro atoms. The summed E-state index contributed by atoms with van der Waals surface area (Å²) in [5.74, 6) is 1.71. The quantitative estimate of drug-likeness (QED) is 0.764. The van der Waals surface area contributed by atoms with Gasteiger partial charge in [-0.2, -0.15) is 0 Å². The van der Waals surface area contributed by atoms with Crippen LogP contribution in [0, 0.1) is 6.92 Å². The van der Waals surface area contributed by atoms with E-state index in [2.05, 4.69) is 16.9 Å². The highest BCUT2D eigenvalue weighted by Crippen LogP contribution is 2.22. The minimum atomic E-state index is -0.102. The zero-order valence-corrected chi connectivity index (χ0v) is 11.1. The van der Waals surface area contributed by atoms with Gasteiger partial charge in [0.1, 0.15) is 11.6 Å². The fourth-order valence-corrected chi connectivity index (χ4v) is 2.04. The van der Waals surface area contributed by atoms with Gasteiger partial charge in [0, 0.05) is 0 Å². The van der Waals surface area contributed by atoms with E-state index >= 15 is 0 Å². The summed E-state index contributed by atoms with van der Waals surface area (Å²) >= 11 is 0. The molecule has 0 aliphatic heterocycles. The van der Waals surface area contributed by atoms with Crippen molar-refractivity contribution < 1.29 is 4.74 Å². The topological polar surface area (TPSA) is 37.9 Å². The Balaban J connectivity index is 1.83. The molecule has 0 unspecified atom stereocenters. The molecule has 19 heavy (non-hydrogen) atoms. The van der Waals surface area contributed by atoms with Crippen molar-refractivity contribution in [2.45, 2.75) is 20.0 Å². The number of nitrogens with one attached hydrogen (secondary N) is 1. The zero-order chi connectivity index (χ0) is 13.2. The monoisotopic (exact) mass is 252 g/mol. The minimum Gasteiger partial charge on any atom is -0.483 e. The van der Waals surface area contributed by atoms with Crippen LogP contribution in [0.15, 0.2) is 48.5 Å². The first-order valence-corrected chi connectivity index (χ1v) is 6.40. The Morgan fingerprint density at radius 1 is 1.05 bits per heavy atom. The van der Waals surface area contributed by atoms with Crippen LogP contribution in [0.2, 0.25) is 0 Å². The fraction of sp³-hybridized carbons (Fsp3) is 0.188. The molecule has 0 aliphatic carbocycles. The van der Waals surface area contributed by atoms with Gasteiger partial charge in [-0.25, -0.2) is 4.98 Å². The summed E-state index contributed by atoms with van der Waals surface area (Å²) < 4.78 is 5.89. The lowest BCUT2D eigenvalue weighted by Gasteiger charge is -2.12. The number of aromatic nitrogens is 2. The summed E-state index contributed by atoms with van der Waals surface area (Å²) in [6.07, 6.45) is -0.102. The Morgan fingerprint density at radius 3 is 2.53 bits per heavy atom. The minimum absolute atomic E-state index is 0.102. The van der Waals surface area contributed by atoms with Crippen LogP contribution < -0.4 is 4.74 Å². The Hall–Kier alpha value is -2.29. The first-order valence-electron chi connectivity index (χ1n) is 6.40. The molecule has 0 saturated carbocycles. The molecule has 0 amide bonds. The molecule has 0 bridgehead atoms. The Kier molecular flexibility index (Phi) is 2.95. The number of hydrogen-bond acceptors (Lipinski definition) is 2. The lowest BCUT2D eigenvalue weighted by Crippen LogP contribution is -2.04. The summed E-state index contributed by atoms with van der Waals surface area (Å²) in [4.78, 5) is 7.84. The lowest BCUT2D eigenvalue weighted by atomic mass is 10.2. The van der Waals surface area contributed by atoms with Crippen LogP contribution in [-0.4, -0.2) is 9.97 Å². The summed E-state index contributed by atoms with van der Waals surface area (Å²) in [5, 5.41) is 0. The highest BCUT2D eigenvalue weighted by atomic mass is 16.5. The van der Waals surface area contributed by atoms with Crippen molar-refractivity contribution in [1.29, 1.82) is 0 Å². The first kappa shape index (κ1) is 11.8. The Labute approximate surface area is 112 Å². The second kappa shape index (κ2) is 4.76. The van der Waals surface area contributed by atoms with E-state index in [0.29, 0.717) is 0 Å². The number of para-hydroxylation sites is 2. The number of aryl methyl sites for hydroxylation is 1. The van der Waals surface area contributed by atoms with Crippen LogP contribution in [0.5, 0.6) is 5.75 Å². The summed E-state index contributed by atoms with van der Waals surface area (Å²) in [6, 6.07) is 16.0. The Morgan fingerprint density at radius 2 is 1.79 bits per heavy atom. The second-order valence-corrected chi connectivity index (χ2v) is 4.71. The van der Waals surface area contributed by atoms with Crippen molar-refractivity contribution in [3.05, 3.63) is 59.9 Å². The van der Waals surface area contributed by atoms with Gasteiger partial charge in [-0.1, -0.05) is 29.8 Å². The number of ether oxygens (including phenoxy) is 1. The van der Waals surface area contributed by atoms with Crippen molar-refractivity contribution in [3.8, 4) is 5.75 Å². The van der Waals surface area contributed by atoms with Crippen molar-refractivity contribution in [1.82, 2.24) is 9.97 Å². The van der Waals surface area contributed by atoms with Gasteiger partial charge in [0.25, 0.3) is 0 Å². The molecule has 1 aromatic heterocycles. The standard InChI is InChI=1S/C16H16N2O/c1-11-7-9-13(10-8-11)19-12(2)16-17-14-5-3-4-6-15(14)18-16/h3-10,12H,1-2H3,(H,17,18)/t12-/m0/s1. The molecule has 0 radical (unpaired) electrons. The normalized spacial score (nSPS) is 12.5. The number of nitrogens with zero attached hydrogens (tertiary/aromatic N) is 1. The molecule has 1 atom stereocenters. The fourth-order valence-electron chi connectivity index (χ4n) is 2.04. The SMILES string of the molecule is Cc1ccc(O[C@@H](C)c2nc3ccccc3[nH]2)cc1. The lowest BCUT2D eigenvalue weighted by molar-refractivity contribution is 0.218. The number of hydrogen-bond donors (Lipinski definition) is 1. The van der Waals surface area contributed by atoms with E-state index < -0.39 is 0 Å². The number of benzene rings is 2. The van der Waals surface area contributed by atoms with E-state index in [0.717, 1.165) is 22.6 Å². The van der Waals surface area contributed by atoms with E-state index in [1.165, 1.54) is 5.56 Å². The van der Waals surface area contributed by atoms with Crippen molar-refractivity contribution in [2.75, 3.05) is 0 Å². The summed E-state index contributed by atoms with van der Waals surface area (Å²) in [5.41, 5.74) is 3.23. The molecule has 2 aromatic carbocycles. The number of imidazole rings is 1. The molecule has 1 heterocycles. The largest absolute Gasteiger partial charge is 0.483 e. The number of aromatic amines is 1. The molecule has 96 valence electrons. The maximum absolute atomic E-state index is 5.89. The molecule has 1 N–H and O–H groups in total. The van der Waals surface area contributed by atoms with Gasteiger partial charge in [0.15, 0.2) is 6.10 Å². The number of fused-ring (bicyclic) bond motifs is 1. The highest BCUT2D eigenvalue weighted by Gasteiger charge is 2.12. The Bertz CT molecular complexity index is 652. The third-order valence-electron chi connectivity index (χ3n) is 3.13. The maximum atomic E-state index is 5.89. The summed E-state index contributed by atoms with van der Waals surface area (Å²) in [6.45, 7) is 4.06. The molecular formula is C16H16N2O. The van der Waals surface area contributed by atoms with Gasteiger partial charge < -0.3 is 9.72 Å². The third kappa shape index (κ3) is 2.45. The smallest absolute Gasteiger partial charge is 0.153 e. The highest BCUT2D eigenvalue weighted by molar-refractivity contribution is 5.74. The molecule has 0 saturated heterocycles. The van der Waals surface area contributed by atoms with E-state index in [-0.39, 0.29) is 6.10 Å². The average Bonchev–Trinajstić information content (AvgIpc) is 2.85.